The first-order chi connectivity index (χ1) is 16.6. The zero-order chi connectivity index (χ0) is 25.7. The van der Waals surface area contributed by atoms with Crippen LogP contribution in [-0.2, 0) is 9.59 Å². The van der Waals surface area contributed by atoms with Crippen molar-refractivity contribution >= 4 is 33.8 Å². The molecule has 0 fully saturated rings. The molecule has 2 aliphatic rings. The first-order valence-electron chi connectivity index (χ1n) is 11.8. The third-order valence-electron chi connectivity index (χ3n) is 6.01. The molecule has 2 aromatic rings. The molecule has 0 spiro atoms. The van der Waals surface area contributed by atoms with Gasteiger partial charge in [-0.15, -0.1) is 0 Å². The monoisotopic (exact) mass is 472 g/mol. The fraction of sp³-hybridized carbons (Fsp3) is 0.310. The molecule has 0 aliphatic heterocycles. The lowest BCUT2D eigenvalue weighted by molar-refractivity contribution is -0.130. The summed E-state index contributed by atoms with van der Waals surface area (Å²) in [7, 11) is 1.65. The predicted molar refractivity (Wildman–Crippen MR) is 139 cm³/mol. The van der Waals surface area contributed by atoms with Gasteiger partial charge in [0.1, 0.15) is 23.2 Å². The Morgan fingerprint density at radius 1 is 1.00 bits per heavy atom. The number of allylic oxidation sites excluding steroid dienone is 6. The third-order valence-corrected chi connectivity index (χ3v) is 6.01. The van der Waals surface area contributed by atoms with Crippen molar-refractivity contribution in [3.63, 3.8) is 0 Å². The predicted octanol–water partition coefficient (Wildman–Crippen LogP) is 5.04. The molecule has 0 amide bonds. The van der Waals surface area contributed by atoms with E-state index in [4.69, 9.17) is 0 Å². The number of hydrogen-bond acceptors (Lipinski definition) is 6. The summed E-state index contributed by atoms with van der Waals surface area (Å²) in [4.78, 5) is 36.4. The van der Waals surface area contributed by atoms with Crippen LogP contribution in [0.3, 0.4) is 0 Å². The van der Waals surface area contributed by atoms with Crippen molar-refractivity contribution in [2.45, 2.75) is 27.7 Å². The van der Waals surface area contributed by atoms with Crippen LogP contribution in [0.1, 0.15) is 38.1 Å². The molecule has 2 aromatic carbocycles. The fourth-order valence-corrected chi connectivity index (χ4v) is 4.10. The van der Waals surface area contributed by atoms with E-state index in [-0.39, 0.29) is 40.9 Å². The number of nitrogens with one attached hydrogen (secondary N) is 1. The van der Waals surface area contributed by atoms with E-state index in [1.54, 1.807) is 25.3 Å². The quantitative estimate of drug-likeness (QED) is 0.361. The summed E-state index contributed by atoms with van der Waals surface area (Å²) in [5.74, 6) is -1.31. The number of ketones is 3. The number of phenols is 1. The maximum Gasteiger partial charge on any atom is 0.194 e. The van der Waals surface area contributed by atoms with Crippen molar-refractivity contribution < 1.29 is 19.5 Å². The van der Waals surface area contributed by atoms with Crippen LogP contribution in [0.2, 0.25) is 0 Å². The highest BCUT2D eigenvalue weighted by Gasteiger charge is 2.38. The van der Waals surface area contributed by atoms with Gasteiger partial charge in [-0.1, -0.05) is 82.3 Å². The number of carbonyl (C=O) groups excluding carboxylic acids is 3. The number of nitrogens with zero attached hydrogens (tertiary/aromatic N) is 1. The number of Topliss-reactive ketones (excluding diaryl/α,β-unsaturated/α-hetero) is 3. The number of rotatable bonds is 5. The van der Waals surface area contributed by atoms with E-state index in [9.17, 15) is 19.5 Å². The molecule has 0 saturated carbocycles. The minimum absolute atomic E-state index is 0.0248. The Bertz CT molecular complexity index is 1260. The maximum atomic E-state index is 12.4. The van der Waals surface area contributed by atoms with Crippen molar-refractivity contribution in [2.75, 3.05) is 7.05 Å². The van der Waals surface area contributed by atoms with E-state index < -0.39 is 5.92 Å². The molecule has 0 saturated heterocycles. The third kappa shape index (κ3) is 5.65. The number of aromatic hydroxyl groups is 1. The molecule has 2 N–H and O–H groups in total. The molecule has 6 heteroatoms. The van der Waals surface area contributed by atoms with Gasteiger partial charge in [0.25, 0.3) is 0 Å². The van der Waals surface area contributed by atoms with Crippen molar-refractivity contribution in [2.24, 2.45) is 28.8 Å². The van der Waals surface area contributed by atoms with E-state index in [0.717, 1.165) is 16.3 Å². The van der Waals surface area contributed by atoms with Gasteiger partial charge in [0.15, 0.2) is 11.6 Å². The zero-order valence-electron chi connectivity index (χ0n) is 20.8. The number of hydrazone groups is 1. The van der Waals surface area contributed by atoms with Gasteiger partial charge in [0.05, 0.1) is 5.56 Å². The second-order valence-electron chi connectivity index (χ2n) is 9.24. The van der Waals surface area contributed by atoms with Crippen molar-refractivity contribution in [1.29, 1.82) is 0 Å². The van der Waals surface area contributed by atoms with Crippen LogP contribution in [0.5, 0.6) is 5.75 Å². The molecule has 35 heavy (non-hydrogen) atoms. The second kappa shape index (κ2) is 11.1. The van der Waals surface area contributed by atoms with Gasteiger partial charge in [-0.05, 0) is 28.5 Å². The van der Waals surface area contributed by atoms with E-state index in [1.807, 2.05) is 76.3 Å². The molecule has 2 unspecified atom stereocenters. The minimum Gasteiger partial charge on any atom is -0.507 e. The first kappa shape index (κ1) is 25.8. The lowest BCUT2D eigenvalue weighted by atomic mass is 9.75. The molecule has 6 nitrogen and oxygen atoms in total. The lowest BCUT2D eigenvalue weighted by Gasteiger charge is -2.27. The summed E-state index contributed by atoms with van der Waals surface area (Å²) < 4.78 is 0. The number of carbonyl (C=O) groups is 3. The van der Waals surface area contributed by atoms with Crippen LogP contribution in [0.4, 0.5) is 0 Å². The molecular formula is C29H32N2O4. The van der Waals surface area contributed by atoms with Gasteiger partial charge in [0, 0.05) is 24.8 Å². The highest BCUT2D eigenvalue weighted by molar-refractivity contribution is 6.46. The van der Waals surface area contributed by atoms with Gasteiger partial charge >= 0.3 is 0 Å². The summed E-state index contributed by atoms with van der Waals surface area (Å²) in [6.07, 6.45) is 9.44. The molecule has 2 aliphatic carbocycles. The van der Waals surface area contributed by atoms with E-state index in [1.165, 1.54) is 0 Å². The Labute approximate surface area is 206 Å². The zero-order valence-corrected chi connectivity index (χ0v) is 20.8. The second-order valence-corrected chi connectivity index (χ2v) is 9.24. The molecular weight excluding hydrogens is 440 g/mol. The largest absolute Gasteiger partial charge is 0.507 e. The Kier molecular flexibility index (Phi) is 8.18. The topological polar surface area (TPSA) is 95.8 Å². The van der Waals surface area contributed by atoms with Crippen LogP contribution < -0.4 is 5.43 Å². The van der Waals surface area contributed by atoms with Crippen LogP contribution in [0.25, 0.3) is 10.8 Å². The van der Waals surface area contributed by atoms with E-state index >= 15 is 0 Å². The standard InChI is InChI=1S/C15H18N2O2.C14H14O2/c1-9(2)14(18)12-8-10-6-4-5-7-11(10)13(15(12)19)17-16-3;1-9(2)14(16)12-7-10-5-3-4-6-11(10)8-13(12)15/h4-9,11-12,16H,1-3H3;3-9,15H,1-2H3/b17-13-;. The van der Waals surface area contributed by atoms with Crippen LogP contribution in [-0.4, -0.2) is 35.2 Å². The highest BCUT2D eigenvalue weighted by Crippen LogP contribution is 2.30. The molecule has 2 atom stereocenters. The van der Waals surface area contributed by atoms with Crippen molar-refractivity contribution in [3.8, 4) is 5.75 Å². The Morgan fingerprint density at radius 3 is 2.26 bits per heavy atom. The van der Waals surface area contributed by atoms with Crippen LogP contribution in [0.15, 0.2) is 77.5 Å². The smallest absolute Gasteiger partial charge is 0.194 e. The molecule has 4 rings (SSSR count). The Hall–Kier alpha value is -3.80. The molecule has 0 bridgehead atoms. The van der Waals surface area contributed by atoms with Gasteiger partial charge in [0.2, 0.25) is 0 Å². The van der Waals surface area contributed by atoms with Gasteiger partial charge in [-0.25, -0.2) is 0 Å². The maximum absolute atomic E-state index is 12.4. The number of benzene rings is 2. The first-order valence-corrected chi connectivity index (χ1v) is 11.8. The molecule has 182 valence electrons. The van der Waals surface area contributed by atoms with Gasteiger partial charge in [-0.3, -0.25) is 14.4 Å². The minimum atomic E-state index is -0.700. The molecule has 0 aromatic heterocycles. The van der Waals surface area contributed by atoms with E-state index in [0.29, 0.717) is 11.3 Å². The SMILES string of the molecule is CC(C)C(=O)c1cc2ccccc2cc1O.CN/N=C1\C(=O)C(C(=O)C(C)C)C=C2C=CC=CC21. The van der Waals surface area contributed by atoms with Crippen molar-refractivity contribution in [3.05, 3.63) is 77.9 Å². The summed E-state index contributed by atoms with van der Waals surface area (Å²) in [6.45, 7) is 7.28. The number of fused-ring (bicyclic) bond motifs is 2. The summed E-state index contributed by atoms with van der Waals surface area (Å²) in [5.41, 5.74) is 4.46. The van der Waals surface area contributed by atoms with Gasteiger partial charge < -0.3 is 10.5 Å². The van der Waals surface area contributed by atoms with Crippen LogP contribution in [0, 0.1) is 23.7 Å². The number of phenolic OH excluding ortho intramolecular Hbond substituents is 1. The van der Waals surface area contributed by atoms with E-state index in [2.05, 4.69) is 10.5 Å². The van der Waals surface area contributed by atoms with Crippen LogP contribution >= 0.6 is 0 Å². The normalized spacial score (nSPS) is 19.9. The highest BCUT2D eigenvalue weighted by atomic mass is 16.3. The summed E-state index contributed by atoms with van der Waals surface area (Å²) in [5, 5.41) is 15.8. The number of hydrogen-bond donors (Lipinski definition) is 2. The average molecular weight is 473 g/mol. The Morgan fingerprint density at radius 2 is 1.66 bits per heavy atom. The molecule has 0 heterocycles. The van der Waals surface area contributed by atoms with Crippen molar-refractivity contribution in [1.82, 2.24) is 5.43 Å². The fourth-order valence-electron chi connectivity index (χ4n) is 4.10. The Balaban J connectivity index is 0.000000198. The summed E-state index contributed by atoms with van der Waals surface area (Å²) >= 11 is 0. The van der Waals surface area contributed by atoms with Gasteiger partial charge in [-0.2, -0.15) is 5.10 Å². The lowest BCUT2D eigenvalue weighted by Crippen LogP contribution is -2.40. The summed E-state index contributed by atoms with van der Waals surface area (Å²) in [6, 6.07) is 11.1. The average Bonchev–Trinajstić information content (AvgIpc) is 2.84. The molecule has 0 radical (unpaired) electrons.